The number of rotatable bonds is 8. The van der Waals surface area contributed by atoms with Gasteiger partial charge in [-0.3, -0.25) is 5.10 Å². The van der Waals surface area contributed by atoms with Crippen LogP contribution >= 0.6 is 0 Å². The van der Waals surface area contributed by atoms with E-state index in [1.54, 1.807) is 13.2 Å². The number of aromatic nitrogens is 3. The maximum atomic E-state index is 13.9. The van der Waals surface area contributed by atoms with E-state index in [2.05, 4.69) is 38.8 Å². The fraction of sp³-hybridized carbons (Fsp3) is 0.217. The summed E-state index contributed by atoms with van der Waals surface area (Å²) in [4.78, 5) is 4.45. The standard InChI is InChI=1S/C23H23F2N5O/c1-3-10-26-13-14-4-8-20(31-2)17(11-14)22-16-6-9-21(28-23(16)30-29-22)27-19-7-5-15(24)12-18(19)25/h4-9,11-12,26H,3,10,13H2,1-2H3,(H2,27,28,29,30). The van der Waals surface area contributed by atoms with E-state index in [1.165, 1.54) is 12.1 Å². The number of methoxy groups -OCH3 is 1. The van der Waals surface area contributed by atoms with E-state index in [0.29, 0.717) is 11.5 Å². The fourth-order valence-corrected chi connectivity index (χ4v) is 3.37. The Hall–Kier alpha value is -3.52. The molecule has 0 atom stereocenters. The number of pyridine rings is 1. The van der Waals surface area contributed by atoms with Crippen LogP contribution in [0.5, 0.6) is 5.75 Å². The second-order valence-corrected chi connectivity index (χ2v) is 7.13. The predicted molar refractivity (Wildman–Crippen MR) is 118 cm³/mol. The molecule has 0 radical (unpaired) electrons. The lowest BCUT2D eigenvalue weighted by Crippen LogP contribution is -2.13. The molecule has 0 aliphatic heterocycles. The monoisotopic (exact) mass is 423 g/mol. The number of H-pyrrole nitrogens is 1. The first-order valence-corrected chi connectivity index (χ1v) is 10.0. The summed E-state index contributed by atoms with van der Waals surface area (Å²) in [5, 5.41) is 14.4. The Labute approximate surface area is 178 Å². The molecular weight excluding hydrogens is 400 g/mol. The van der Waals surface area contributed by atoms with Crippen LogP contribution in [0, 0.1) is 11.6 Å². The third-order valence-electron chi connectivity index (χ3n) is 4.90. The molecule has 0 amide bonds. The van der Waals surface area contributed by atoms with Gasteiger partial charge in [0, 0.05) is 23.6 Å². The van der Waals surface area contributed by atoms with Crippen molar-refractivity contribution in [2.75, 3.05) is 19.0 Å². The van der Waals surface area contributed by atoms with Crippen molar-refractivity contribution in [3.63, 3.8) is 0 Å². The molecule has 0 bridgehead atoms. The van der Waals surface area contributed by atoms with E-state index in [9.17, 15) is 8.78 Å². The number of halogens is 2. The first kappa shape index (κ1) is 20.7. The average molecular weight is 423 g/mol. The summed E-state index contributed by atoms with van der Waals surface area (Å²) in [5.41, 5.74) is 3.41. The van der Waals surface area contributed by atoms with Crippen LogP contribution in [0.1, 0.15) is 18.9 Å². The quantitative estimate of drug-likeness (QED) is 0.342. The highest BCUT2D eigenvalue weighted by molar-refractivity contribution is 5.93. The Bertz CT molecular complexity index is 1210. The van der Waals surface area contributed by atoms with Gasteiger partial charge in [-0.15, -0.1) is 0 Å². The van der Waals surface area contributed by atoms with Crippen molar-refractivity contribution >= 4 is 22.5 Å². The van der Waals surface area contributed by atoms with Crippen molar-refractivity contribution in [3.05, 3.63) is 65.7 Å². The molecule has 0 aliphatic rings. The minimum atomic E-state index is -0.692. The number of aromatic amines is 1. The zero-order valence-electron chi connectivity index (χ0n) is 17.3. The van der Waals surface area contributed by atoms with Crippen LogP contribution in [0.15, 0.2) is 48.5 Å². The van der Waals surface area contributed by atoms with Crippen molar-refractivity contribution in [2.45, 2.75) is 19.9 Å². The van der Waals surface area contributed by atoms with Gasteiger partial charge in [0.05, 0.1) is 18.5 Å². The molecule has 2 aromatic heterocycles. The van der Waals surface area contributed by atoms with Crippen molar-refractivity contribution < 1.29 is 13.5 Å². The van der Waals surface area contributed by atoms with Crippen LogP contribution in [0.25, 0.3) is 22.3 Å². The minimum absolute atomic E-state index is 0.137. The molecule has 0 aliphatic carbocycles. The zero-order chi connectivity index (χ0) is 21.8. The van der Waals surface area contributed by atoms with Gasteiger partial charge in [-0.1, -0.05) is 13.0 Å². The molecule has 160 valence electrons. The maximum Gasteiger partial charge on any atom is 0.183 e. The number of hydrogen-bond donors (Lipinski definition) is 3. The maximum absolute atomic E-state index is 13.9. The topological polar surface area (TPSA) is 74.9 Å². The van der Waals surface area contributed by atoms with Crippen LogP contribution in [0.3, 0.4) is 0 Å². The van der Waals surface area contributed by atoms with Gasteiger partial charge in [0.1, 0.15) is 23.2 Å². The van der Waals surface area contributed by atoms with Crippen molar-refractivity contribution in [1.29, 1.82) is 0 Å². The molecule has 8 heteroatoms. The molecule has 0 fully saturated rings. The highest BCUT2D eigenvalue weighted by Crippen LogP contribution is 2.34. The Kier molecular flexibility index (Phi) is 6.08. The van der Waals surface area contributed by atoms with E-state index in [1.807, 2.05) is 18.2 Å². The number of anilines is 2. The molecule has 0 saturated heterocycles. The van der Waals surface area contributed by atoms with E-state index < -0.39 is 11.6 Å². The van der Waals surface area contributed by atoms with E-state index >= 15 is 0 Å². The molecule has 0 spiro atoms. The molecule has 3 N–H and O–H groups in total. The highest BCUT2D eigenvalue weighted by Gasteiger charge is 2.15. The van der Waals surface area contributed by atoms with Gasteiger partial charge in [-0.05, 0) is 54.9 Å². The van der Waals surface area contributed by atoms with Crippen LogP contribution in [-0.2, 0) is 6.54 Å². The van der Waals surface area contributed by atoms with Crippen molar-refractivity contribution in [1.82, 2.24) is 20.5 Å². The first-order valence-electron chi connectivity index (χ1n) is 10.0. The Morgan fingerprint density at radius 1 is 1.06 bits per heavy atom. The lowest BCUT2D eigenvalue weighted by Gasteiger charge is -2.11. The number of ether oxygens (including phenoxy) is 1. The molecular formula is C23H23F2N5O. The third kappa shape index (κ3) is 4.49. The van der Waals surface area contributed by atoms with Gasteiger partial charge in [0.2, 0.25) is 0 Å². The largest absolute Gasteiger partial charge is 0.496 e. The van der Waals surface area contributed by atoms with Crippen LogP contribution in [-0.4, -0.2) is 28.8 Å². The molecule has 4 aromatic rings. The minimum Gasteiger partial charge on any atom is -0.496 e. The number of nitrogens with one attached hydrogen (secondary N) is 3. The predicted octanol–water partition coefficient (Wildman–Crippen LogP) is 5.15. The average Bonchev–Trinajstić information content (AvgIpc) is 3.19. The van der Waals surface area contributed by atoms with Crippen LogP contribution in [0.4, 0.5) is 20.3 Å². The second-order valence-electron chi connectivity index (χ2n) is 7.13. The van der Waals surface area contributed by atoms with E-state index in [0.717, 1.165) is 53.5 Å². The number of fused-ring (bicyclic) bond motifs is 1. The molecule has 4 rings (SSSR count). The van der Waals surface area contributed by atoms with Crippen molar-refractivity contribution in [2.24, 2.45) is 0 Å². The summed E-state index contributed by atoms with van der Waals surface area (Å²) in [6, 6.07) is 12.9. The Balaban J connectivity index is 1.66. The van der Waals surface area contributed by atoms with Gasteiger partial charge in [-0.25, -0.2) is 13.8 Å². The lowest BCUT2D eigenvalue weighted by molar-refractivity contribution is 0.416. The summed E-state index contributed by atoms with van der Waals surface area (Å²) in [6.07, 6.45) is 1.07. The van der Waals surface area contributed by atoms with Crippen LogP contribution in [0.2, 0.25) is 0 Å². The molecule has 0 unspecified atom stereocenters. The molecule has 2 heterocycles. The summed E-state index contributed by atoms with van der Waals surface area (Å²) in [7, 11) is 1.63. The normalized spacial score (nSPS) is 11.1. The fourth-order valence-electron chi connectivity index (χ4n) is 3.37. The Morgan fingerprint density at radius 3 is 2.71 bits per heavy atom. The number of hydrogen-bond acceptors (Lipinski definition) is 5. The van der Waals surface area contributed by atoms with E-state index in [4.69, 9.17) is 4.74 Å². The van der Waals surface area contributed by atoms with Gasteiger partial charge in [0.15, 0.2) is 5.65 Å². The number of nitrogens with zero attached hydrogens (tertiary/aromatic N) is 2. The first-order chi connectivity index (χ1) is 15.1. The molecule has 0 saturated carbocycles. The molecule has 2 aromatic carbocycles. The number of benzene rings is 2. The van der Waals surface area contributed by atoms with Gasteiger partial charge in [-0.2, -0.15) is 5.10 Å². The second kappa shape index (κ2) is 9.09. The lowest BCUT2D eigenvalue weighted by atomic mass is 10.0. The smallest absolute Gasteiger partial charge is 0.183 e. The van der Waals surface area contributed by atoms with Gasteiger partial charge in [0.25, 0.3) is 0 Å². The van der Waals surface area contributed by atoms with E-state index in [-0.39, 0.29) is 5.69 Å². The zero-order valence-corrected chi connectivity index (χ0v) is 17.3. The summed E-state index contributed by atoms with van der Waals surface area (Å²) in [6.45, 7) is 3.83. The highest BCUT2D eigenvalue weighted by atomic mass is 19.1. The molecule has 6 nitrogen and oxygen atoms in total. The van der Waals surface area contributed by atoms with Crippen molar-refractivity contribution in [3.8, 4) is 17.0 Å². The SMILES string of the molecule is CCCNCc1ccc(OC)c(-c2[nH]nc3nc(Nc4ccc(F)cc4F)ccc23)c1. The molecule has 31 heavy (non-hydrogen) atoms. The van der Waals surface area contributed by atoms with Gasteiger partial charge < -0.3 is 15.4 Å². The summed E-state index contributed by atoms with van der Waals surface area (Å²) >= 11 is 0. The Morgan fingerprint density at radius 2 is 1.94 bits per heavy atom. The summed E-state index contributed by atoms with van der Waals surface area (Å²) < 4.78 is 32.6. The summed E-state index contributed by atoms with van der Waals surface area (Å²) in [5.74, 6) is -0.201. The van der Waals surface area contributed by atoms with Gasteiger partial charge >= 0.3 is 0 Å². The third-order valence-corrected chi connectivity index (χ3v) is 4.90. The van der Waals surface area contributed by atoms with Crippen LogP contribution < -0.4 is 15.4 Å².